The summed E-state index contributed by atoms with van der Waals surface area (Å²) in [5.41, 5.74) is 2.38. The van der Waals surface area contributed by atoms with Crippen molar-refractivity contribution < 1.29 is 4.79 Å². The number of nitrogens with one attached hydrogen (secondary N) is 1. The van der Waals surface area contributed by atoms with Crippen LogP contribution >= 0.6 is 0 Å². The quantitative estimate of drug-likeness (QED) is 0.927. The first-order chi connectivity index (χ1) is 10.6. The SMILES string of the molecule is Cc1ccc(C(C(=O)N2CCCC2)N2CCNC(C)C2)cc1. The number of carbonyl (C=O) groups is 1. The second-order valence-corrected chi connectivity index (χ2v) is 6.70. The number of rotatable bonds is 3. The van der Waals surface area contributed by atoms with Crippen LogP contribution in [0.1, 0.15) is 36.9 Å². The molecule has 1 N–H and O–H groups in total. The number of amides is 1. The highest BCUT2D eigenvalue weighted by molar-refractivity contribution is 5.83. The standard InChI is InChI=1S/C18H27N3O/c1-14-5-7-16(8-6-14)17(18(22)20-10-3-4-11-20)21-12-9-19-15(2)13-21/h5-8,15,17,19H,3-4,9-13H2,1-2H3. The summed E-state index contributed by atoms with van der Waals surface area (Å²) in [7, 11) is 0. The summed E-state index contributed by atoms with van der Waals surface area (Å²) in [6, 6.07) is 8.80. The smallest absolute Gasteiger partial charge is 0.244 e. The van der Waals surface area contributed by atoms with Crippen molar-refractivity contribution in [2.75, 3.05) is 32.7 Å². The molecule has 1 aromatic carbocycles. The number of hydrogen-bond donors (Lipinski definition) is 1. The van der Waals surface area contributed by atoms with Crippen molar-refractivity contribution >= 4 is 5.91 Å². The third-order valence-corrected chi connectivity index (χ3v) is 4.81. The zero-order valence-electron chi connectivity index (χ0n) is 13.7. The van der Waals surface area contributed by atoms with Crippen LogP contribution in [-0.2, 0) is 4.79 Å². The van der Waals surface area contributed by atoms with Gasteiger partial charge in [0.05, 0.1) is 0 Å². The second-order valence-electron chi connectivity index (χ2n) is 6.70. The van der Waals surface area contributed by atoms with Crippen LogP contribution in [0.25, 0.3) is 0 Å². The lowest BCUT2D eigenvalue weighted by Gasteiger charge is -2.38. The fourth-order valence-electron chi connectivity index (χ4n) is 3.57. The molecule has 0 bridgehead atoms. The van der Waals surface area contributed by atoms with Gasteiger partial charge in [-0.05, 0) is 32.3 Å². The van der Waals surface area contributed by atoms with Crippen molar-refractivity contribution in [2.24, 2.45) is 0 Å². The molecule has 120 valence electrons. The molecule has 1 amide bonds. The number of piperazine rings is 1. The van der Waals surface area contributed by atoms with Crippen LogP contribution in [0.4, 0.5) is 0 Å². The molecular weight excluding hydrogens is 274 g/mol. The van der Waals surface area contributed by atoms with E-state index in [1.54, 1.807) is 0 Å². The average Bonchev–Trinajstić information content (AvgIpc) is 3.04. The maximum absolute atomic E-state index is 13.1. The molecule has 2 fully saturated rings. The van der Waals surface area contributed by atoms with Gasteiger partial charge < -0.3 is 10.2 Å². The van der Waals surface area contributed by atoms with Crippen LogP contribution < -0.4 is 5.32 Å². The van der Waals surface area contributed by atoms with E-state index in [9.17, 15) is 4.79 Å². The van der Waals surface area contributed by atoms with Gasteiger partial charge in [-0.25, -0.2) is 0 Å². The summed E-state index contributed by atoms with van der Waals surface area (Å²) >= 11 is 0. The summed E-state index contributed by atoms with van der Waals surface area (Å²) < 4.78 is 0. The minimum atomic E-state index is -0.122. The lowest BCUT2D eigenvalue weighted by atomic mass is 10.0. The van der Waals surface area contributed by atoms with Gasteiger partial charge >= 0.3 is 0 Å². The van der Waals surface area contributed by atoms with Gasteiger partial charge in [-0.3, -0.25) is 9.69 Å². The van der Waals surface area contributed by atoms with Gasteiger partial charge in [-0.2, -0.15) is 0 Å². The third kappa shape index (κ3) is 3.33. The highest BCUT2D eigenvalue weighted by Gasteiger charge is 2.34. The van der Waals surface area contributed by atoms with E-state index in [1.807, 2.05) is 0 Å². The zero-order chi connectivity index (χ0) is 15.5. The fraction of sp³-hybridized carbons (Fsp3) is 0.611. The zero-order valence-corrected chi connectivity index (χ0v) is 13.7. The van der Waals surface area contributed by atoms with Crippen molar-refractivity contribution in [1.29, 1.82) is 0 Å². The molecule has 0 radical (unpaired) electrons. The number of benzene rings is 1. The highest BCUT2D eigenvalue weighted by Crippen LogP contribution is 2.26. The molecule has 0 aliphatic carbocycles. The third-order valence-electron chi connectivity index (χ3n) is 4.81. The minimum Gasteiger partial charge on any atom is -0.341 e. The number of nitrogens with zero attached hydrogens (tertiary/aromatic N) is 2. The van der Waals surface area contributed by atoms with Crippen molar-refractivity contribution in [3.63, 3.8) is 0 Å². The first-order valence-corrected chi connectivity index (χ1v) is 8.48. The predicted molar refractivity (Wildman–Crippen MR) is 88.8 cm³/mol. The fourth-order valence-corrected chi connectivity index (χ4v) is 3.57. The van der Waals surface area contributed by atoms with Gasteiger partial charge in [0.25, 0.3) is 0 Å². The Hall–Kier alpha value is -1.39. The molecular formula is C18H27N3O. The molecule has 1 aromatic rings. The van der Waals surface area contributed by atoms with Crippen LogP contribution in [0.3, 0.4) is 0 Å². The van der Waals surface area contributed by atoms with Crippen molar-refractivity contribution in [3.8, 4) is 0 Å². The van der Waals surface area contributed by atoms with Crippen LogP contribution in [0.5, 0.6) is 0 Å². The first kappa shape index (κ1) is 15.5. The van der Waals surface area contributed by atoms with E-state index in [0.717, 1.165) is 51.1 Å². The largest absolute Gasteiger partial charge is 0.341 e. The number of hydrogen-bond acceptors (Lipinski definition) is 3. The molecule has 2 saturated heterocycles. The molecule has 0 spiro atoms. The van der Waals surface area contributed by atoms with E-state index in [0.29, 0.717) is 6.04 Å². The van der Waals surface area contributed by atoms with Gasteiger partial charge in [-0.15, -0.1) is 0 Å². The normalized spacial score (nSPS) is 24.5. The maximum atomic E-state index is 13.1. The lowest BCUT2D eigenvalue weighted by Crippen LogP contribution is -2.53. The molecule has 0 saturated carbocycles. The van der Waals surface area contributed by atoms with E-state index in [-0.39, 0.29) is 11.9 Å². The monoisotopic (exact) mass is 301 g/mol. The van der Waals surface area contributed by atoms with Gasteiger partial charge in [0.2, 0.25) is 5.91 Å². The van der Waals surface area contributed by atoms with Gasteiger partial charge in [0, 0.05) is 38.8 Å². The van der Waals surface area contributed by atoms with Crippen LogP contribution in [0.2, 0.25) is 0 Å². The van der Waals surface area contributed by atoms with Crippen LogP contribution in [0.15, 0.2) is 24.3 Å². The Kier molecular flexibility index (Phi) is 4.79. The summed E-state index contributed by atoms with van der Waals surface area (Å²) in [6.07, 6.45) is 2.29. The molecule has 2 atom stereocenters. The Balaban J connectivity index is 1.86. The van der Waals surface area contributed by atoms with Gasteiger partial charge in [-0.1, -0.05) is 29.8 Å². The number of likely N-dealkylation sites (tertiary alicyclic amines) is 1. The predicted octanol–water partition coefficient (Wildman–Crippen LogP) is 1.95. The van der Waals surface area contributed by atoms with Gasteiger partial charge in [0.15, 0.2) is 0 Å². The average molecular weight is 301 g/mol. The highest BCUT2D eigenvalue weighted by atomic mass is 16.2. The molecule has 0 aromatic heterocycles. The summed E-state index contributed by atoms with van der Waals surface area (Å²) in [5, 5.41) is 3.47. The second kappa shape index (κ2) is 6.80. The summed E-state index contributed by atoms with van der Waals surface area (Å²) in [4.78, 5) is 17.5. The summed E-state index contributed by atoms with van der Waals surface area (Å²) in [6.45, 7) is 8.94. The van der Waals surface area contributed by atoms with E-state index < -0.39 is 0 Å². The molecule has 2 heterocycles. The van der Waals surface area contributed by atoms with E-state index in [2.05, 4.69) is 53.2 Å². The maximum Gasteiger partial charge on any atom is 0.244 e. The first-order valence-electron chi connectivity index (χ1n) is 8.48. The molecule has 3 rings (SSSR count). The molecule has 2 aliphatic heterocycles. The molecule has 2 aliphatic rings. The lowest BCUT2D eigenvalue weighted by molar-refractivity contribution is -0.136. The topological polar surface area (TPSA) is 35.6 Å². The van der Waals surface area contributed by atoms with Crippen LogP contribution in [0, 0.1) is 6.92 Å². The molecule has 4 nitrogen and oxygen atoms in total. The molecule has 4 heteroatoms. The molecule has 2 unspecified atom stereocenters. The van der Waals surface area contributed by atoms with Crippen LogP contribution in [-0.4, -0.2) is 54.5 Å². The van der Waals surface area contributed by atoms with E-state index >= 15 is 0 Å². The number of aryl methyl sites for hydroxylation is 1. The minimum absolute atomic E-state index is 0.122. The van der Waals surface area contributed by atoms with Crippen molar-refractivity contribution in [1.82, 2.24) is 15.1 Å². The Labute approximate surface area is 133 Å². The number of carbonyl (C=O) groups excluding carboxylic acids is 1. The van der Waals surface area contributed by atoms with E-state index in [4.69, 9.17) is 0 Å². The molecule has 22 heavy (non-hydrogen) atoms. The Morgan fingerprint density at radius 3 is 2.50 bits per heavy atom. The van der Waals surface area contributed by atoms with E-state index in [1.165, 1.54) is 5.56 Å². The Morgan fingerprint density at radius 1 is 1.18 bits per heavy atom. The van der Waals surface area contributed by atoms with Crippen molar-refractivity contribution in [3.05, 3.63) is 35.4 Å². The Bertz CT molecular complexity index is 508. The van der Waals surface area contributed by atoms with Gasteiger partial charge in [0.1, 0.15) is 6.04 Å². The summed E-state index contributed by atoms with van der Waals surface area (Å²) in [5.74, 6) is 0.287. The van der Waals surface area contributed by atoms with Crippen molar-refractivity contribution in [2.45, 2.75) is 38.8 Å². The Morgan fingerprint density at radius 2 is 1.86 bits per heavy atom.